The number of pyridine rings is 1. The van der Waals surface area contributed by atoms with Crippen molar-refractivity contribution in [1.82, 2.24) is 10.3 Å². The molecule has 1 heterocycles. The van der Waals surface area contributed by atoms with Crippen LogP contribution in [0.4, 0.5) is 5.82 Å². The molecule has 112 valence electrons. The predicted molar refractivity (Wildman–Crippen MR) is 82.0 cm³/mol. The van der Waals surface area contributed by atoms with Crippen LogP contribution in [0.1, 0.15) is 6.92 Å². The van der Waals surface area contributed by atoms with Crippen molar-refractivity contribution in [3.05, 3.63) is 24.4 Å². The summed E-state index contributed by atoms with van der Waals surface area (Å²) in [5, 5.41) is 7.61. The number of nitrogens with zero attached hydrogens (tertiary/aromatic N) is 1. The smallest absolute Gasteiger partial charge is 0.239 e. The van der Waals surface area contributed by atoms with Crippen LogP contribution >= 0.6 is 0 Å². The molecule has 0 radical (unpaired) electrons. The first-order valence-electron chi connectivity index (χ1n) is 6.71. The Morgan fingerprint density at radius 2 is 1.95 bits per heavy atom. The number of likely N-dealkylation sites (N-methyl/N-ethyl adjacent to an activating group) is 1. The van der Waals surface area contributed by atoms with E-state index < -0.39 is 0 Å². The maximum atomic E-state index is 11.5. The molecule has 0 aliphatic carbocycles. The molecular weight excluding hydrogens is 270 g/mol. The van der Waals surface area contributed by atoms with Gasteiger partial charge in [-0.2, -0.15) is 0 Å². The molecule has 1 aromatic carbocycles. The van der Waals surface area contributed by atoms with Gasteiger partial charge in [-0.15, -0.1) is 0 Å². The van der Waals surface area contributed by atoms with Crippen LogP contribution in [0.25, 0.3) is 10.8 Å². The monoisotopic (exact) mass is 289 g/mol. The Bertz CT molecular complexity index is 643. The topological polar surface area (TPSA) is 72.5 Å². The molecule has 6 nitrogen and oxygen atoms in total. The number of carbonyl (C=O) groups excluding carboxylic acids is 1. The molecule has 0 fully saturated rings. The number of methoxy groups -OCH3 is 2. The molecule has 1 amide bonds. The van der Waals surface area contributed by atoms with Crippen molar-refractivity contribution < 1.29 is 14.3 Å². The van der Waals surface area contributed by atoms with E-state index in [0.717, 1.165) is 10.8 Å². The Hall–Kier alpha value is -2.50. The van der Waals surface area contributed by atoms with Crippen molar-refractivity contribution >= 4 is 22.5 Å². The van der Waals surface area contributed by atoms with Gasteiger partial charge in [0, 0.05) is 18.1 Å². The molecular formula is C15H19N3O3. The molecule has 2 rings (SSSR count). The summed E-state index contributed by atoms with van der Waals surface area (Å²) in [5.41, 5.74) is 0. The Morgan fingerprint density at radius 1 is 1.24 bits per heavy atom. The molecule has 2 N–H and O–H groups in total. The predicted octanol–water partition coefficient (Wildman–Crippen LogP) is 1.80. The second-order valence-corrected chi connectivity index (χ2v) is 4.39. The third kappa shape index (κ3) is 3.34. The fourth-order valence-corrected chi connectivity index (χ4v) is 2.06. The molecule has 1 aromatic heterocycles. The van der Waals surface area contributed by atoms with E-state index in [0.29, 0.717) is 23.9 Å². The zero-order valence-electron chi connectivity index (χ0n) is 12.4. The van der Waals surface area contributed by atoms with E-state index in [-0.39, 0.29) is 12.5 Å². The number of ether oxygens (including phenoxy) is 2. The first kappa shape index (κ1) is 14.9. The van der Waals surface area contributed by atoms with E-state index in [1.54, 1.807) is 20.4 Å². The van der Waals surface area contributed by atoms with Crippen molar-refractivity contribution in [3.8, 4) is 11.5 Å². The Morgan fingerprint density at radius 3 is 2.62 bits per heavy atom. The lowest BCUT2D eigenvalue weighted by molar-refractivity contribution is -0.119. The summed E-state index contributed by atoms with van der Waals surface area (Å²) in [7, 11) is 3.18. The van der Waals surface area contributed by atoms with Crippen LogP contribution in [0.15, 0.2) is 24.4 Å². The minimum atomic E-state index is -0.0724. The summed E-state index contributed by atoms with van der Waals surface area (Å²) in [6.45, 7) is 2.66. The molecule has 2 aromatic rings. The standard InChI is InChI=1S/C15H19N3O3/c1-4-16-14(19)9-18-15-11-8-13(21-3)12(20-2)7-10(11)5-6-17-15/h5-8H,4,9H2,1-3H3,(H,16,19)(H,17,18). The number of benzene rings is 1. The number of aromatic nitrogens is 1. The van der Waals surface area contributed by atoms with Gasteiger partial charge in [0.05, 0.1) is 20.8 Å². The first-order valence-corrected chi connectivity index (χ1v) is 6.71. The Labute approximate surface area is 123 Å². The normalized spacial score (nSPS) is 10.2. The van der Waals surface area contributed by atoms with E-state index in [4.69, 9.17) is 9.47 Å². The molecule has 6 heteroatoms. The zero-order valence-corrected chi connectivity index (χ0v) is 12.4. The number of nitrogens with one attached hydrogen (secondary N) is 2. The van der Waals surface area contributed by atoms with Gasteiger partial charge in [0.2, 0.25) is 5.91 Å². The van der Waals surface area contributed by atoms with Crippen molar-refractivity contribution in [2.24, 2.45) is 0 Å². The lowest BCUT2D eigenvalue weighted by Gasteiger charge is -2.12. The van der Waals surface area contributed by atoms with Gasteiger partial charge >= 0.3 is 0 Å². The van der Waals surface area contributed by atoms with Crippen LogP contribution in [0.5, 0.6) is 11.5 Å². The molecule has 0 aliphatic rings. The summed E-state index contributed by atoms with van der Waals surface area (Å²) in [5.74, 6) is 1.85. The number of hydrogen-bond donors (Lipinski definition) is 2. The number of anilines is 1. The van der Waals surface area contributed by atoms with Gasteiger partial charge < -0.3 is 20.1 Å². The minimum Gasteiger partial charge on any atom is -0.493 e. The van der Waals surface area contributed by atoms with Crippen LogP contribution in [-0.2, 0) is 4.79 Å². The molecule has 0 bridgehead atoms. The fourth-order valence-electron chi connectivity index (χ4n) is 2.06. The van der Waals surface area contributed by atoms with Gasteiger partial charge in [0.25, 0.3) is 0 Å². The molecule has 21 heavy (non-hydrogen) atoms. The highest BCUT2D eigenvalue weighted by Gasteiger charge is 2.10. The minimum absolute atomic E-state index is 0.0724. The van der Waals surface area contributed by atoms with Crippen LogP contribution in [-0.4, -0.2) is 38.2 Å². The summed E-state index contributed by atoms with van der Waals surface area (Å²) in [6.07, 6.45) is 1.69. The van der Waals surface area contributed by atoms with E-state index in [2.05, 4.69) is 15.6 Å². The fraction of sp³-hybridized carbons (Fsp3) is 0.333. The van der Waals surface area contributed by atoms with Gasteiger partial charge in [-0.3, -0.25) is 4.79 Å². The van der Waals surface area contributed by atoms with E-state index in [1.165, 1.54) is 0 Å². The average Bonchev–Trinajstić information content (AvgIpc) is 2.51. The van der Waals surface area contributed by atoms with E-state index in [1.807, 2.05) is 25.1 Å². The SMILES string of the molecule is CCNC(=O)CNc1nccc2cc(OC)c(OC)cc12. The quantitative estimate of drug-likeness (QED) is 0.848. The van der Waals surface area contributed by atoms with Gasteiger partial charge in [-0.25, -0.2) is 4.98 Å². The summed E-state index contributed by atoms with van der Waals surface area (Å²) in [4.78, 5) is 15.8. The van der Waals surface area contributed by atoms with Crippen molar-refractivity contribution in [1.29, 1.82) is 0 Å². The lowest BCUT2D eigenvalue weighted by atomic mass is 10.1. The molecule has 0 atom stereocenters. The summed E-state index contributed by atoms with van der Waals surface area (Å²) >= 11 is 0. The maximum absolute atomic E-state index is 11.5. The van der Waals surface area contributed by atoms with Crippen LogP contribution in [0.3, 0.4) is 0 Å². The third-order valence-electron chi connectivity index (χ3n) is 3.06. The summed E-state index contributed by atoms with van der Waals surface area (Å²) < 4.78 is 10.6. The molecule has 0 saturated carbocycles. The first-order chi connectivity index (χ1) is 10.2. The highest BCUT2D eigenvalue weighted by atomic mass is 16.5. The number of carbonyl (C=O) groups is 1. The highest BCUT2D eigenvalue weighted by Crippen LogP contribution is 2.34. The maximum Gasteiger partial charge on any atom is 0.239 e. The molecule has 0 spiro atoms. The lowest BCUT2D eigenvalue weighted by Crippen LogP contribution is -2.29. The largest absolute Gasteiger partial charge is 0.493 e. The second-order valence-electron chi connectivity index (χ2n) is 4.39. The van der Waals surface area contributed by atoms with Gasteiger partial charge in [0.15, 0.2) is 11.5 Å². The van der Waals surface area contributed by atoms with Crippen molar-refractivity contribution in [3.63, 3.8) is 0 Å². The number of rotatable bonds is 6. The van der Waals surface area contributed by atoms with Crippen LogP contribution in [0.2, 0.25) is 0 Å². The van der Waals surface area contributed by atoms with E-state index in [9.17, 15) is 4.79 Å². The van der Waals surface area contributed by atoms with Gasteiger partial charge in [-0.05, 0) is 30.5 Å². The third-order valence-corrected chi connectivity index (χ3v) is 3.06. The van der Waals surface area contributed by atoms with Crippen LogP contribution in [0, 0.1) is 0 Å². The summed E-state index contributed by atoms with van der Waals surface area (Å²) in [6, 6.07) is 5.61. The molecule has 0 unspecified atom stereocenters. The Balaban J connectivity index is 2.33. The van der Waals surface area contributed by atoms with Crippen molar-refractivity contribution in [2.45, 2.75) is 6.92 Å². The van der Waals surface area contributed by atoms with Gasteiger partial charge in [0.1, 0.15) is 5.82 Å². The van der Waals surface area contributed by atoms with Crippen molar-refractivity contribution in [2.75, 3.05) is 32.6 Å². The Kier molecular flexibility index (Phi) is 4.81. The molecule has 0 saturated heterocycles. The van der Waals surface area contributed by atoms with Gasteiger partial charge in [-0.1, -0.05) is 0 Å². The molecule has 0 aliphatic heterocycles. The number of fused-ring (bicyclic) bond motifs is 1. The van der Waals surface area contributed by atoms with Crippen LogP contribution < -0.4 is 20.1 Å². The zero-order chi connectivity index (χ0) is 15.2. The highest BCUT2D eigenvalue weighted by molar-refractivity contribution is 5.95. The average molecular weight is 289 g/mol. The van der Waals surface area contributed by atoms with E-state index >= 15 is 0 Å². The number of amides is 1. The second kappa shape index (κ2) is 6.78. The number of hydrogen-bond acceptors (Lipinski definition) is 5.